The molecule has 16 heavy (non-hydrogen) atoms. The molecule has 0 atom stereocenters. The zero-order chi connectivity index (χ0) is 11.8. The molecule has 0 aromatic heterocycles. The first kappa shape index (κ1) is 11.7. The highest BCUT2D eigenvalue weighted by molar-refractivity contribution is 6.31. The van der Waals surface area contributed by atoms with Crippen LogP contribution in [0.25, 0.3) is 0 Å². The van der Waals surface area contributed by atoms with E-state index in [9.17, 15) is 0 Å². The van der Waals surface area contributed by atoms with E-state index >= 15 is 0 Å². The molecule has 0 aliphatic carbocycles. The Morgan fingerprint density at radius 2 is 1.88 bits per heavy atom. The number of benzene rings is 1. The maximum Gasteiger partial charge on any atom is 0.0477 e. The lowest BCUT2D eigenvalue weighted by Gasteiger charge is -2.29. The Bertz CT molecular complexity index is 376. The second kappa shape index (κ2) is 4.27. The highest BCUT2D eigenvalue weighted by atomic mass is 35.5. The third-order valence-electron chi connectivity index (χ3n) is 3.08. The Balaban J connectivity index is 2.47. The molecule has 1 aliphatic rings. The van der Waals surface area contributed by atoms with Crippen LogP contribution in [0.2, 0.25) is 5.02 Å². The van der Waals surface area contributed by atoms with Crippen LogP contribution in [0.15, 0.2) is 18.2 Å². The number of anilines is 1. The number of nitrogens with zero attached hydrogens (tertiary/aromatic N) is 1. The number of nitrogens with two attached hydrogens (primary N) is 1. The third-order valence-corrected chi connectivity index (χ3v) is 3.40. The lowest BCUT2D eigenvalue weighted by Crippen LogP contribution is -2.32. The SMILES string of the molecule is CC(C)(N)c1c(Cl)cccc1N1CCCC1. The molecule has 1 heterocycles. The zero-order valence-corrected chi connectivity index (χ0v) is 10.7. The van der Waals surface area contributed by atoms with Crippen LogP contribution in [-0.4, -0.2) is 13.1 Å². The standard InChI is InChI=1S/C13H19ClN2/c1-13(2,15)12-10(14)6-5-7-11(12)16-8-3-4-9-16/h5-7H,3-4,8-9,15H2,1-2H3. The first-order valence-corrected chi connectivity index (χ1v) is 6.21. The minimum absolute atomic E-state index is 0.393. The zero-order valence-electron chi connectivity index (χ0n) is 9.96. The van der Waals surface area contributed by atoms with Crippen molar-refractivity contribution in [3.05, 3.63) is 28.8 Å². The molecular weight excluding hydrogens is 220 g/mol. The highest BCUT2D eigenvalue weighted by Crippen LogP contribution is 2.36. The Morgan fingerprint density at radius 3 is 2.44 bits per heavy atom. The van der Waals surface area contributed by atoms with E-state index in [1.54, 1.807) is 0 Å². The molecule has 3 heteroatoms. The van der Waals surface area contributed by atoms with Gasteiger partial charge in [0.05, 0.1) is 0 Å². The van der Waals surface area contributed by atoms with E-state index in [0.29, 0.717) is 0 Å². The van der Waals surface area contributed by atoms with Crippen molar-refractivity contribution in [3.8, 4) is 0 Å². The van der Waals surface area contributed by atoms with Gasteiger partial charge < -0.3 is 10.6 Å². The first-order chi connectivity index (χ1) is 7.50. The fourth-order valence-electron chi connectivity index (χ4n) is 2.37. The maximum absolute atomic E-state index is 6.29. The van der Waals surface area contributed by atoms with Gasteiger partial charge in [-0.3, -0.25) is 0 Å². The summed E-state index contributed by atoms with van der Waals surface area (Å²) in [6, 6.07) is 6.05. The summed E-state index contributed by atoms with van der Waals surface area (Å²) < 4.78 is 0. The Labute approximate surface area is 102 Å². The van der Waals surface area contributed by atoms with Crippen molar-refractivity contribution in [3.63, 3.8) is 0 Å². The predicted octanol–water partition coefficient (Wildman–Crippen LogP) is 3.13. The molecule has 0 spiro atoms. The van der Waals surface area contributed by atoms with Crippen molar-refractivity contribution in [2.75, 3.05) is 18.0 Å². The van der Waals surface area contributed by atoms with Crippen molar-refractivity contribution in [2.24, 2.45) is 5.73 Å². The van der Waals surface area contributed by atoms with Crippen LogP contribution in [0.5, 0.6) is 0 Å². The van der Waals surface area contributed by atoms with E-state index in [1.165, 1.54) is 18.5 Å². The Morgan fingerprint density at radius 1 is 1.25 bits per heavy atom. The molecule has 2 N–H and O–H groups in total. The molecule has 0 radical (unpaired) electrons. The van der Waals surface area contributed by atoms with Crippen molar-refractivity contribution in [1.29, 1.82) is 0 Å². The van der Waals surface area contributed by atoms with Gasteiger partial charge in [-0.05, 0) is 38.8 Å². The van der Waals surface area contributed by atoms with Crippen molar-refractivity contribution in [1.82, 2.24) is 0 Å². The van der Waals surface area contributed by atoms with Crippen LogP contribution in [0.1, 0.15) is 32.3 Å². The normalized spacial score (nSPS) is 16.9. The summed E-state index contributed by atoms with van der Waals surface area (Å²) in [4.78, 5) is 2.38. The van der Waals surface area contributed by atoms with Crippen molar-refractivity contribution >= 4 is 17.3 Å². The fraction of sp³-hybridized carbons (Fsp3) is 0.538. The fourth-order valence-corrected chi connectivity index (χ4v) is 2.79. The lowest BCUT2D eigenvalue weighted by molar-refractivity contribution is 0.553. The molecule has 1 fully saturated rings. The van der Waals surface area contributed by atoms with Gasteiger partial charge in [0.2, 0.25) is 0 Å². The minimum atomic E-state index is -0.393. The van der Waals surface area contributed by atoms with Crippen molar-refractivity contribution < 1.29 is 0 Å². The smallest absolute Gasteiger partial charge is 0.0477 e. The van der Waals surface area contributed by atoms with Crippen LogP contribution >= 0.6 is 11.6 Å². The molecule has 88 valence electrons. The molecule has 0 amide bonds. The monoisotopic (exact) mass is 238 g/mol. The average molecular weight is 239 g/mol. The summed E-state index contributed by atoms with van der Waals surface area (Å²) in [5.41, 5.74) is 8.10. The van der Waals surface area contributed by atoms with Crippen molar-refractivity contribution in [2.45, 2.75) is 32.2 Å². The minimum Gasteiger partial charge on any atom is -0.371 e. The quantitative estimate of drug-likeness (QED) is 0.858. The van der Waals surface area contributed by atoms with E-state index < -0.39 is 5.54 Å². The van der Waals surface area contributed by atoms with Gasteiger partial charge in [-0.2, -0.15) is 0 Å². The van der Waals surface area contributed by atoms with E-state index in [0.717, 1.165) is 23.7 Å². The van der Waals surface area contributed by atoms with Crippen LogP contribution in [-0.2, 0) is 5.54 Å². The third kappa shape index (κ3) is 2.18. The number of hydrogen-bond acceptors (Lipinski definition) is 2. The Hall–Kier alpha value is -0.730. The summed E-state index contributed by atoms with van der Waals surface area (Å²) in [6.07, 6.45) is 2.52. The van der Waals surface area contributed by atoms with Gasteiger partial charge >= 0.3 is 0 Å². The molecule has 0 bridgehead atoms. The largest absolute Gasteiger partial charge is 0.371 e. The summed E-state index contributed by atoms with van der Waals surface area (Å²) in [5.74, 6) is 0. The van der Waals surface area contributed by atoms with Gasteiger partial charge in [0.15, 0.2) is 0 Å². The summed E-state index contributed by atoms with van der Waals surface area (Å²) in [6.45, 7) is 6.24. The van der Waals surface area contributed by atoms with E-state index in [4.69, 9.17) is 17.3 Å². The molecule has 1 aromatic rings. The van der Waals surface area contributed by atoms with E-state index in [-0.39, 0.29) is 0 Å². The molecular formula is C13H19ClN2. The predicted molar refractivity (Wildman–Crippen MR) is 70.1 cm³/mol. The van der Waals surface area contributed by atoms with Gasteiger partial charge in [0.1, 0.15) is 0 Å². The molecule has 0 unspecified atom stereocenters. The van der Waals surface area contributed by atoms with Crippen LogP contribution < -0.4 is 10.6 Å². The van der Waals surface area contributed by atoms with Crippen LogP contribution in [0, 0.1) is 0 Å². The number of halogens is 1. The van der Waals surface area contributed by atoms with Gasteiger partial charge in [-0.15, -0.1) is 0 Å². The second-order valence-corrected chi connectivity index (χ2v) is 5.46. The van der Waals surface area contributed by atoms with Crippen LogP contribution in [0.3, 0.4) is 0 Å². The molecule has 1 aliphatic heterocycles. The van der Waals surface area contributed by atoms with Gasteiger partial charge in [0.25, 0.3) is 0 Å². The maximum atomic E-state index is 6.29. The lowest BCUT2D eigenvalue weighted by atomic mass is 9.93. The number of hydrogen-bond donors (Lipinski definition) is 1. The summed E-state index contributed by atoms with van der Waals surface area (Å²) in [7, 11) is 0. The van der Waals surface area contributed by atoms with Gasteiger partial charge in [-0.1, -0.05) is 17.7 Å². The molecule has 0 saturated carbocycles. The number of rotatable bonds is 2. The molecule has 1 saturated heterocycles. The molecule has 2 rings (SSSR count). The Kier molecular flexibility index (Phi) is 3.13. The van der Waals surface area contributed by atoms with E-state index in [1.807, 2.05) is 26.0 Å². The van der Waals surface area contributed by atoms with Crippen LogP contribution in [0.4, 0.5) is 5.69 Å². The second-order valence-electron chi connectivity index (χ2n) is 5.05. The topological polar surface area (TPSA) is 29.3 Å². The highest BCUT2D eigenvalue weighted by Gasteiger charge is 2.25. The van der Waals surface area contributed by atoms with Gasteiger partial charge in [0, 0.05) is 34.9 Å². The van der Waals surface area contributed by atoms with E-state index in [2.05, 4.69) is 11.0 Å². The average Bonchev–Trinajstić information content (AvgIpc) is 2.67. The summed E-state index contributed by atoms with van der Waals surface area (Å²) in [5, 5.41) is 0.775. The summed E-state index contributed by atoms with van der Waals surface area (Å²) >= 11 is 6.29. The molecule has 1 aromatic carbocycles. The first-order valence-electron chi connectivity index (χ1n) is 5.83. The molecule has 2 nitrogen and oxygen atoms in total. The van der Waals surface area contributed by atoms with Gasteiger partial charge in [-0.25, -0.2) is 0 Å².